The summed E-state index contributed by atoms with van der Waals surface area (Å²) in [5.74, 6) is -0.238. The van der Waals surface area contributed by atoms with Gasteiger partial charge in [0.05, 0.1) is 18.3 Å². The number of H-pyrrole nitrogens is 2. The van der Waals surface area contributed by atoms with Gasteiger partial charge in [-0.2, -0.15) is 5.10 Å². The van der Waals surface area contributed by atoms with E-state index in [9.17, 15) is 9.59 Å². The number of ether oxygens (including phenoxy) is 1. The number of aromatic amines is 2. The van der Waals surface area contributed by atoms with Crippen LogP contribution in [-0.4, -0.2) is 64.2 Å². The molecule has 1 saturated heterocycles. The van der Waals surface area contributed by atoms with Gasteiger partial charge in [0.2, 0.25) is 11.8 Å². The number of hydrogen-bond acceptors (Lipinski definition) is 4. The zero-order chi connectivity index (χ0) is 24.0. The van der Waals surface area contributed by atoms with Gasteiger partial charge in [0.25, 0.3) is 0 Å². The van der Waals surface area contributed by atoms with Crippen LogP contribution < -0.4 is 4.90 Å². The van der Waals surface area contributed by atoms with Gasteiger partial charge in [-0.05, 0) is 56.7 Å². The first kappa shape index (κ1) is 22.7. The number of amides is 2. The second-order valence-electron chi connectivity index (χ2n) is 10.3. The molecule has 8 nitrogen and oxygen atoms in total. The zero-order valence-electron chi connectivity index (χ0n) is 20.4. The van der Waals surface area contributed by atoms with Crippen molar-refractivity contribution in [1.29, 1.82) is 0 Å². The van der Waals surface area contributed by atoms with Gasteiger partial charge in [-0.15, -0.1) is 0 Å². The van der Waals surface area contributed by atoms with E-state index in [-0.39, 0.29) is 31.0 Å². The molecule has 180 valence electrons. The van der Waals surface area contributed by atoms with Crippen LogP contribution in [0, 0.1) is 5.41 Å². The Balaban J connectivity index is 1.40. The highest BCUT2D eigenvalue weighted by Gasteiger charge is 2.30. The van der Waals surface area contributed by atoms with Crippen molar-refractivity contribution < 1.29 is 14.3 Å². The summed E-state index contributed by atoms with van der Waals surface area (Å²) < 4.78 is 5.28. The normalized spacial score (nSPS) is 19.9. The van der Waals surface area contributed by atoms with Crippen molar-refractivity contribution in [3.63, 3.8) is 0 Å². The van der Waals surface area contributed by atoms with E-state index in [0.29, 0.717) is 18.6 Å². The molecule has 0 radical (unpaired) electrons. The number of carbonyl (C=O) groups is 2. The Morgan fingerprint density at radius 3 is 2.91 bits per heavy atom. The lowest BCUT2D eigenvalue weighted by Crippen LogP contribution is -2.52. The smallest absolute Gasteiger partial charge is 0.249 e. The lowest BCUT2D eigenvalue weighted by Gasteiger charge is -2.34. The van der Waals surface area contributed by atoms with Gasteiger partial charge in [-0.25, -0.2) is 0 Å². The maximum atomic E-state index is 13.1. The molecule has 3 heterocycles. The van der Waals surface area contributed by atoms with Crippen molar-refractivity contribution in [2.45, 2.75) is 53.0 Å². The SMILES string of the molecule is CCN(C(=O)CN1C(=O)COC[C@H]1C)c1ccc2cc(-c3n[nH]c4c3CCC(C)(C)C4)[nH]c2c1. The first-order chi connectivity index (χ1) is 16.3. The monoisotopic (exact) mass is 463 g/mol. The first-order valence-electron chi connectivity index (χ1n) is 12.1. The summed E-state index contributed by atoms with van der Waals surface area (Å²) in [5, 5.41) is 8.98. The lowest BCUT2D eigenvalue weighted by molar-refractivity contribution is -0.149. The molecule has 2 aromatic heterocycles. The zero-order valence-corrected chi connectivity index (χ0v) is 20.4. The highest BCUT2D eigenvalue weighted by Crippen LogP contribution is 2.38. The third kappa shape index (κ3) is 4.11. The fourth-order valence-corrected chi connectivity index (χ4v) is 5.19. The van der Waals surface area contributed by atoms with Crippen LogP contribution in [0.2, 0.25) is 0 Å². The minimum atomic E-state index is -0.140. The number of benzene rings is 1. The average Bonchev–Trinajstić information content (AvgIpc) is 3.39. The van der Waals surface area contributed by atoms with E-state index in [1.54, 1.807) is 9.80 Å². The van der Waals surface area contributed by atoms with E-state index in [1.807, 2.05) is 32.0 Å². The molecule has 2 amide bonds. The van der Waals surface area contributed by atoms with Crippen LogP contribution in [0.4, 0.5) is 5.69 Å². The minimum absolute atomic E-state index is 0.0370. The quantitative estimate of drug-likeness (QED) is 0.604. The molecule has 1 atom stereocenters. The summed E-state index contributed by atoms with van der Waals surface area (Å²) >= 11 is 0. The maximum absolute atomic E-state index is 13.1. The fraction of sp³-hybridized carbons (Fsp3) is 0.500. The molecular formula is C26H33N5O3. The average molecular weight is 464 g/mol. The Bertz CT molecular complexity index is 1240. The molecule has 3 aromatic rings. The van der Waals surface area contributed by atoms with Gasteiger partial charge in [0.15, 0.2) is 0 Å². The maximum Gasteiger partial charge on any atom is 0.249 e. The molecule has 0 spiro atoms. The number of aromatic nitrogens is 3. The van der Waals surface area contributed by atoms with E-state index >= 15 is 0 Å². The van der Waals surface area contributed by atoms with E-state index < -0.39 is 0 Å². The molecule has 8 heteroatoms. The number of anilines is 1. The topological polar surface area (TPSA) is 94.3 Å². The number of likely N-dealkylation sites (N-methyl/N-ethyl adjacent to an activating group) is 1. The predicted octanol–water partition coefficient (Wildman–Crippen LogP) is 3.67. The van der Waals surface area contributed by atoms with Gasteiger partial charge in [0.1, 0.15) is 18.8 Å². The summed E-state index contributed by atoms with van der Waals surface area (Å²) in [6.07, 6.45) is 3.18. The molecule has 0 unspecified atom stereocenters. The van der Waals surface area contributed by atoms with Crippen LogP contribution in [0.3, 0.4) is 0 Å². The molecule has 2 N–H and O–H groups in total. The molecule has 5 rings (SSSR count). The second kappa shape index (κ2) is 8.58. The van der Waals surface area contributed by atoms with Gasteiger partial charge < -0.3 is 19.5 Å². The second-order valence-corrected chi connectivity index (χ2v) is 10.3. The molecule has 2 aliphatic rings. The van der Waals surface area contributed by atoms with E-state index in [2.05, 4.69) is 35.1 Å². The number of morpholine rings is 1. The van der Waals surface area contributed by atoms with Crippen LogP contribution in [0.15, 0.2) is 24.3 Å². The Labute approximate surface area is 199 Å². The number of carbonyl (C=O) groups excluding carboxylic acids is 2. The largest absolute Gasteiger partial charge is 0.370 e. The van der Waals surface area contributed by atoms with Crippen LogP contribution in [0.1, 0.15) is 45.4 Å². The Hall–Kier alpha value is -3.13. The molecule has 1 aromatic carbocycles. The first-order valence-corrected chi connectivity index (χ1v) is 12.1. The van der Waals surface area contributed by atoms with E-state index in [0.717, 1.165) is 47.2 Å². The number of rotatable bonds is 5. The Morgan fingerprint density at radius 1 is 1.32 bits per heavy atom. The third-order valence-corrected chi connectivity index (χ3v) is 7.19. The highest BCUT2D eigenvalue weighted by molar-refractivity contribution is 5.99. The van der Waals surface area contributed by atoms with Gasteiger partial charge in [-0.1, -0.05) is 19.9 Å². The standard InChI is InChI=1S/C26H33N5O3/c1-5-30(23(32)13-31-16(2)14-34-15-24(31)33)18-7-6-17-10-21(27-20(17)11-18)25-19-8-9-26(3,4)12-22(19)28-29-25/h6-7,10-11,16,27H,5,8-9,12-15H2,1-4H3,(H,28,29)/t16-/m1/s1. The van der Waals surface area contributed by atoms with Gasteiger partial charge in [0, 0.05) is 34.4 Å². The third-order valence-electron chi connectivity index (χ3n) is 7.19. The molecule has 34 heavy (non-hydrogen) atoms. The van der Waals surface area contributed by atoms with Crippen LogP contribution in [-0.2, 0) is 27.2 Å². The summed E-state index contributed by atoms with van der Waals surface area (Å²) in [5.41, 5.74) is 6.60. The minimum Gasteiger partial charge on any atom is -0.370 e. The molecule has 1 fully saturated rings. The molecule has 1 aliphatic heterocycles. The summed E-state index contributed by atoms with van der Waals surface area (Å²) in [6, 6.07) is 8.02. The summed E-state index contributed by atoms with van der Waals surface area (Å²) in [7, 11) is 0. The molecular weight excluding hydrogens is 430 g/mol. The molecule has 1 aliphatic carbocycles. The van der Waals surface area contributed by atoms with Crippen molar-refractivity contribution in [2.75, 3.05) is 31.2 Å². The van der Waals surface area contributed by atoms with Crippen molar-refractivity contribution in [1.82, 2.24) is 20.1 Å². The Morgan fingerprint density at radius 2 is 2.15 bits per heavy atom. The van der Waals surface area contributed by atoms with E-state index in [1.165, 1.54) is 11.3 Å². The van der Waals surface area contributed by atoms with Crippen molar-refractivity contribution in [2.24, 2.45) is 5.41 Å². The number of nitrogens with zero attached hydrogens (tertiary/aromatic N) is 3. The lowest BCUT2D eigenvalue weighted by atomic mass is 9.76. The van der Waals surface area contributed by atoms with Crippen molar-refractivity contribution in [3.05, 3.63) is 35.5 Å². The molecule has 0 saturated carbocycles. The van der Waals surface area contributed by atoms with Crippen LogP contribution >= 0.6 is 0 Å². The number of nitrogens with one attached hydrogen (secondary N) is 2. The highest BCUT2D eigenvalue weighted by atomic mass is 16.5. The Kier molecular flexibility index (Phi) is 5.72. The number of fused-ring (bicyclic) bond motifs is 2. The van der Waals surface area contributed by atoms with Crippen LogP contribution in [0.5, 0.6) is 0 Å². The predicted molar refractivity (Wildman–Crippen MR) is 132 cm³/mol. The van der Waals surface area contributed by atoms with Gasteiger partial charge >= 0.3 is 0 Å². The van der Waals surface area contributed by atoms with Crippen LogP contribution in [0.25, 0.3) is 22.3 Å². The van der Waals surface area contributed by atoms with Gasteiger partial charge in [-0.3, -0.25) is 14.7 Å². The van der Waals surface area contributed by atoms with Crippen molar-refractivity contribution >= 4 is 28.4 Å². The summed E-state index contributed by atoms with van der Waals surface area (Å²) in [6.45, 7) is 9.53. The van der Waals surface area contributed by atoms with Crippen molar-refractivity contribution in [3.8, 4) is 11.4 Å². The fourth-order valence-electron chi connectivity index (χ4n) is 5.19. The molecule has 0 bridgehead atoms. The van der Waals surface area contributed by atoms with E-state index in [4.69, 9.17) is 4.74 Å². The number of hydrogen-bond donors (Lipinski definition) is 2. The summed E-state index contributed by atoms with van der Waals surface area (Å²) in [4.78, 5) is 32.2.